The summed E-state index contributed by atoms with van der Waals surface area (Å²) in [7, 11) is -1.06. The molecule has 4 nitrogen and oxygen atoms in total. The van der Waals surface area contributed by atoms with E-state index in [0.717, 1.165) is 11.3 Å². The van der Waals surface area contributed by atoms with Crippen molar-refractivity contribution in [3.8, 4) is 11.5 Å². The average Bonchev–Trinajstić information content (AvgIpc) is 2.63. The van der Waals surface area contributed by atoms with Gasteiger partial charge in [0, 0.05) is 33.2 Å². The monoisotopic (exact) mass is 365 g/mol. The Bertz CT molecular complexity index is 934. The summed E-state index contributed by atoms with van der Waals surface area (Å²) in [6.45, 7) is 2.01. The molecule has 132 valence electrons. The summed E-state index contributed by atoms with van der Waals surface area (Å²) >= 11 is 0. The van der Waals surface area contributed by atoms with Crippen LogP contribution in [-0.2, 0) is 10.8 Å². The largest absolute Gasteiger partial charge is 0.457 e. The van der Waals surface area contributed by atoms with E-state index in [-0.39, 0.29) is 5.91 Å². The fraction of sp³-hybridized carbons (Fsp3) is 0.0952. The van der Waals surface area contributed by atoms with Gasteiger partial charge in [-0.2, -0.15) is 0 Å². The van der Waals surface area contributed by atoms with E-state index in [4.69, 9.17) is 4.74 Å². The van der Waals surface area contributed by atoms with Crippen molar-refractivity contribution in [1.29, 1.82) is 0 Å². The molecule has 0 heterocycles. The van der Waals surface area contributed by atoms with Gasteiger partial charge in [0.15, 0.2) is 0 Å². The van der Waals surface area contributed by atoms with Crippen molar-refractivity contribution < 1.29 is 13.7 Å². The summed E-state index contributed by atoms with van der Waals surface area (Å²) in [4.78, 5) is 13.0. The Labute approximate surface area is 155 Å². The van der Waals surface area contributed by atoms with Crippen LogP contribution in [0.2, 0.25) is 0 Å². The maximum atomic E-state index is 12.3. The smallest absolute Gasteiger partial charge is 0.255 e. The minimum absolute atomic E-state index is 0.217. The first kappa shape index (κ1) is 17.9. The van der Waals surface area contributed by atoms with Gasteiger partial charge in [-0.05, 0) is 73.2 Å². The third-order valence-corrected chi connectivity index (χ3v) is 4.72. The molecule has 0 aromatic heterocycles. The molecule has 3 rings (SSSR count). The molecule has 0 saturated carbocycles. The minimum atomic E-state index is -1.06. The van der Waals surface area contributed by atoms with E-state index in [1.54, 1.807) is 54.8 Å². The highest BCUT2D eigenvalue weighted by atomic mass is 32.2. The molecule has 26 heavy (non-hydrogen) atoms. The van der Waals surface area contributed by atoms with Gasteiger partial charge in [-0.3, -0.25) is 9.00 Å². The van der Waals surface area contributed by atoms with Crippen molar-refractivity contribution in [3.05, 3.63) is 83.9 Å². The Kier molecular flexibility index (Phi) is 5.49. The van der Waals surface area contributed by atoms with Gasteiger partial charge in [-0.25, -0.2) is 0 Å². The lowest BCUT2D eigenvalue weighted by Gasteiger charge is -2.09. The first-order valence-corrected chi connectivity index (χ1v) is 9.66. The molecule has 1 atom stereocenters. The van der Waals surface area contributed by atoms with Crippen LogP contribution in [0, 0.1) is 6.92 Å². The number of hydrogen-bond acceptors (Lipinski definition) is 3. The average molecular weight is 365 g/mol. The normalized spacial score (nSPS) is 11.6. The maximum absolute atomic E-state index is 12.3. The van der Waals surface area contributed by atoms with Crippen molar-refractivity contribution in [2.75, 3.05) is 11.6 Å². The highest BCUT2D eigenvalue weighted by molar-refractivity contribution is 7.84. The molecule has 3 aromatic carbocycles. The Morgan fingerprint density at radius 1 is 0.923 bits per heavy atom. The van der Waals surface area contributed by atoms with Crippen molar-refractivity contribution in [1.82, 2.24) is 0 Å². The van der Waals surface area contributed by atoms with Crippen LogP contribution in [0.4, 0.5) is 5.69 Å². The van der Waals surface area contributed by atoms with E-state index in [1.165, 1.54) is 0 Å². The number of carbonyl (C=O) groups excluding carboxylic acids is 1. The lowest BCUT2D eigenvalue weighted by atomic mass is 10.2. The van der Waals surface area contributed by atoms with Crippen LogP contribution in [-0.4, -0.2) is 16.4 Å². The van der Waals surface area contributed by atoms with Crippen molar-refractivity contribution in [3.63, 3.8) is 0 Å². The van der Waals surface area contributed by atoms with E-state index in [1.807, 2.05) is 31.2 Å². The first-order chi connectivity index (χ1) is 12.5. The fourth-order valence-electron chi connectivity index (χ4n) is 2.42. The standard InChI is InChI=1S/C21H19NO3S/c1-15-4-3-5-19(14-15)25-18-10-8-17(9-11-18)22-21(23)16-6-12-20(13-7-16)26(2)24/h3-14H,1-2H3,(H,22,23). The van der Waals surface area contributed by atoms with Crippen LogP contribution in [0.1, 0.15) is 15.9 Å². The van der Waals surface area contributed by atoms with Crippen molar-refractivity contribution in [2.24, 2.45) is 0 Å². The number of carbonyl (C=O) groups is 1. The van der Waals surface area contributed by atoms with Gasteiger partial charge < -0.3 is 10.1 Å². The fourth-order valence-corrected chi connectivity index (χ4v) is 2.94. The highest BCUT2D eigenvalue weighted by Gasteiger charge is 2.07. The second-order valence-electron chi connectivity index (χ2n) is 5.88. The van der Waals surface area contributed by atoms with Gasteiger partial charge in [0.05, 0.1) is 0 Å². The molecule has 0 saturated heterocycles. The topological polar surface area (TPSA) is 55.4 Å². The van der Waals surface area contributed by atoms with Crippen LogP contribution >= 0.6 is 0 Å². The maximum Gasteiger partial charge on any atom is 0.255 e. The summed E-state index contributed by atoms with van der Waals surface area (Å²) in [5.74, 6) is 1.25. The quantitative estimate of drug-likeness (QED) is 0.708. The van der Waals surface area contributed by atoms with Crippen LogP contribution in [0.15, 0.2) is 77.7 Å². The van der Waals surface area contributed by atoms with E-state index in [2.05, 4.69) is 5.32 Å². The molecule has 0 aliphatic rings. The van der Waals surface area contributed by atoms with E-state index in [0.29, 0.717) is 21.9 Å². The van der Waals surface area contributed by atoms with Crippen LogP contribution in [0.5, 0.6) is 11.5 Å². The number of aryl methyl sites for hydroxylation is 1. The third-order valence-electron chi connectivity index (χ3n) is 3.79. The van der Waals surface area contributed by atoms with Crippen LogP contribution in [0.25, 0.3) is 0 Å². The highest BCUT2D eigenvalue weighted by Crippen LogP contribution is 2.24. The van der Waals surface area contributed by atoms with Gasteiger partial charge >= 0.3 is 0 Å². The molecule has 5 heteroatoms. The summed E-state index contributed by atoms with van der Waals surface area (Å²) in [5.41, 5.74) is 2.32. The molecule has 0 fully saturated rings. The van der Waals surface area contributed by atoms with Gasteiger partial charge in [0.2, 0.25) is 0 Å². The lowest BCUT2D eigenvalue weighted by molar-refractivity contribution is 0.102. The number of nitrogens with one attached hydrogen (secondary N) is 1. The number of hydrogen-bond donors (Lipinski definition) is 1. The zero-order valence-corrected chi connectivity index (χ0v) is 15.4. The van der Waals surface area contributed by atoms with Gasteiger partial charge in [0.25, 0.3) is 5.91 Å². The number of rotatable bonds is 5. The zero-order chi connectivity index (χ0) is 18.5. The van der Waals surface area contributed by atoms with Gasteiger partial charge in [-0.1, -0.05) is 12.1 Å². The molecule has 1 amide bonds. The van der Waals surface area contributed by atoms with Crippen LogP contribution < -0.4 is 10.1 Å². The summed E-state index contributed by atoms with van der Waals surface area (Å²) < 4.78 is 17.2. The Morgan fingerprint density at radius 3 is 2.23 bits per heavy atom. The lowest BCUT2D eigenvalue weighted by Crippen LogP contribution is -2.11. The molecule has 0 aliphatic heterocycles. The number of amides is 1. The molecule has 1 unspecified atom stereocenters. The second kappa shape index (κ2) is 7.97. The molecule has 0 radical (unpaired) electrons. The summed E-state index contributed by atoms with van der Waals surface area (Å²) in [5, 5.41) is 2.84. The Balaban J connectivity index is 1.65. The van der Waals surface area contributed by atoms with Crippen molar-refractivity contribution in [2.45, 2.75) is 11.8 Å². The van der Waals surface area contributed by atoms with Gasteiger partial charge in [0.1, 0.15) is 11.5 Å². The van der Waals surface area contributed by atoms with E-state index < -0.39 is 10.8 Å². The molecule has 0 spiro atoms. The van der Waals surface area contributed by atoms with Crippen LogP contribution in [0.3, 0.4) is 0 Å². The predicted molar refractivity (Wildman–Crippen MR) is 104 cm³/mol. The molecule has 0 aliphatic carbocycles. The molecule has 0 bridgehead atoms. The molecule has 1 N–H and O–H groups in total. The molecular weight excluding hydrogens is 346 g/mol. The van der Waals surface area contributed by atoms with Crippen molar-refractivity contribution >= 4 is 22.4 Å². The van der Waals surface area contributed by atoms with E-state index >= 15 is 0 Å². The number of benzene rings is 3. The molecular formula is C21H19NO3S. The molecule has 3 aromatic rings. The minimum Gasteiger partial charge on any atom is -0.457 e. The SMILES string of the molecule is Cc1cccc(Oc2ccc(NC(=O)c3ccc(S(C)=O)cc3)cc2)c1. The second-order valence-corrected chi connectivity index (χ2v) is 7.26. The zero-order valence-electron chi connectivity index (χ0n) is 14.6. The Morgan fingerprint density at radius 2 is 1.62 bits per heavy atom. The Hall–Kier alpha value is -2.92. The predicted octanol–water partition coefficient (Wildman–Crippen LogP) is 4.78. The number of anilines is 1. The summed E-state index contributed by atoms with van der Waals surface area (Å²) in [6, 6.07) is 21.7. The summed E-state index contributed by atoms with van der Waals surface area (Å²) in [6.07, 6.45) is 1.61. The first-order valence-electron chi connectivity index (χ1n) is 8.11. The number of ether oxygens (including phenoxy) is 1. The van der Waals surface area contributed by atoms with Gasteiger partial charge in [-0.15, -0.1) is 0 Å². The third kappa shape index (κ3) is 4.58. The van der Waals surface area contributed by atoms with E-state index in [9.17, 15) is 9.00 Å².